The van der Waals surface area contributed by atoms with Gasteiger partial charge in [0.2, 0.25) is 0 Å². The summed E-state index contributed by atoms with van der Waals surface area (Å²) in [6.45, 7) is 0. The minimum atomic E-state index is 0.615. The lowest BCUT2D eigenvalue weighted by atomic mass is 10.3. The Labute approximate surface area is 119 Å². The van der Waals surface area contributed by atoms with Crippen LogP contribution in [0.2, 0.25) is 0 Å². The van der Waals surface area contributed by atoms with Gasteiger partial charge < -0.3 is 8.98 Å². The van der Waals surface area contributed by atoms with Crippen LogP contribution in [0.3, 0.4) is 0 Å². The van der Waals surface area contributed by atoms with E-state index < -0.39 is 0 Å². The van der Waals surface area contributed by atoms with Gasteiger partial charge in [0.25, 0.3) is 5.22 Å². The number of nitrogens with zero attached hydrogens (tertiary/aromatic N) is 3. The van der Waals surface area contributed by atoms with Crippen molar-refractivity contribution in [2.45, 2.75) is 10.4 Å². The maximum atomic E-state index is 5.72. The number of imidazole rings is 1. The number of hydrogen-bond donors (Lipinski definition) is 0. The fourth-order valence-electron chi connectivity index (χ4n) is 2.19. The smallest absolute Gasteiger partial charge is 0.264 e. The standard InChI is InChI=1S/C15H11N3OS/c1-18-12-8-4-2-6-10(12)16-14(18)20-15-17-11-7-3-5-9-13(11)19-15/h2-9H,1H3. The maximum Gasteiger partial charge on any atom is 0.264 e. The molecule has 0 saturated heterocycles. The van der Waals surface area contributed by atoms with E-state index in [9.17, 15) is 0 Å². The highest BCUT2D eigenvalue weighted by molar-refractivity contribution is 7.99. The Kier molecular flexibility index (Phi) is 2.53. The summed E-state index contributed by atoms with van der Waals surface area (Å²) in [6, 6.07) is 15.8. The quantitative estimate of drug-likeness (QED) is 0.559. The second kappa shape index (κ2) is 4.38. The Morgan fingerprint density at radius 3 is 2.50 bits per heavy atom. The molecule has 0 saturated carbocycles. The third-order valence-electron chi connectivity index (χ3n) is 3.20. The van der Waals surface area contributed by atoms with E-state index in [-0.39, 0.29) is 0 Å². The average molecular weight is 281 g/mol. The van der Waals surface area contributed by atoms with E-state index in [0.717, 1.165) is 27.3 Å². The molecule has 0 aliphatic carbocycles. The summed E-state index contributed by atoms with van der Waals surface area (Å²) < 4.78 is 7.77. The number of aryl methyl sites for hydroxylation is 1. The molecule has 4 rings (SSSR count). The molecule has 4 nitrogen and oxygen atoms in total. The van der Waals surface area contributed by atoms with Gasteiger partial charge in [0.1, 0.15) is 5.52 Å². The van der Waals surface area contributed by atoms with Gasteiger partial charge in [-0.25, -0.2) is 9.97 Å². The molecule has 20 heavy (non-hydrogen) atoms. The minimum absolute atomic E-state index is 0.615. The second-order valence-electron chi connectivity index (χ2n) is 4.49. The van der Waals surface area contributed by atoms with E-state index in [1.54, 1.807) is 0 Å². The molecule has 5 heteroatoms. The van der Waals surface area contributed by atoms with E-state index >= 15 is 0 Å². The first-order valence-electron chi connectivity index (χ1n) is 6.26. The second-order valence-corrected chi connectivity index (χ2v) is 5.41. The van der Waals surface area contributed by atoms with Gasteiger partial charge >= 0.3 is 0 Å². The van der Waals surface area contributed by atoms with Crippen molar-refractivity contribution in [3.63, 3.8) is 0 Å². The lowest BCUT2D eigenvalue weighted by molar-refractivity contribution is 0.488. The average Bonchev–Trinajstić information content (AvgIpc) is 3.01. The van der Waals surface area contributed by atoms with Crippen molar-refractivity contribution in [3.05, 3.63) is 48.5 Å². The number of hydrogen-bond acceptors (Lipinski definition) is 4. The zero-order chi connectivity index (χ0) is 13.5. The highest BCUT2D eigenvalue weighted by atomic mass is 32.2. The molecule has 2 aromatic heterocycles. The molecule has 0 N–H and O–H groups in total. The first-order valence-corrected chi connectivity index (χ1v) is 7.08. The Bertz CT molecular complexity index is 877. The SMILES string of the molecule is Cn1c(Sc2nc3ccccc3o2)nc2ccccc21. The molecule has 0 unspecified atom stereocenters. The summed E-state index contributed by atoms with van der Waals surface area (Å²) in [7, 11) is 2.00. The van der Waals surface area contributed by atoms with Gasteiger partial charge in [0, 0.05) is 18.8 Å². The normalized spacial score (nSPS) is 11.4. The van der Waals surface area contributed by atoms with Gasteiger partial charge in [-0.3, -0.25) is 0 Å². The maximum absolute atomic E-state index is 5.72. The number of fused-ring (bicyclic) bond motifs is 2. The summed E-state index contributed by atoms with van der Waals surface area (Å²) in [5, 5.41) is 1.49. The zero-order valence-corrected chi connectivity index (χ0v) is 11.6. The first-order chi connectivity index (χ1) is 9.81. The van der Waals surface area contributed by atoms with Crippen LogP contribution < -0.4 is 0 Å². The number of aromatic nitrogens is 3. The van der Waals surface area contributed by atoms with Crippen LogP contribution in [0.4, 0.5) is 0 Å². The molecule has 0 radical (unpaired) electrons. The van der Waals surface area contributed by atoms with Gasteiger partial charge in [-0.15, -0.1) is 0 Å². The van der Waals surface area contributed by atoms with Crippen LogP contribution >= 0.6 is 11.8 Å². The molecule has 0 amide bonds. The molecule has 0 fully saturated rings. The molecule has 2 aromatic carbocycles. The summed E-state index contributed by atoms with van der Waals surface area (Å²) >= 11 is 1.44. The van der Waals surface area contributed by atoms with E-state index in [1.165, 1.54) is 11.8 Å². The summed E-state index contributed by atoms with van der Waals surface area (Å²) in [5.41, 5.74) is 3.75. The van der Waals surface area contributed by atoms with E-state index in [4.69, 9.17) is 4.42 Å². The predicted molar refractivity (Wildman–Crippen MR) is 78.8 cm³/mol. The first kappa shape index (κ1) is 11.5. The highest BCUT2D eigenvalue weighted by Crippen LogP contribution is 2.30. The monoisotopic (exact) mass is 281 g/mol. The van der Waals surface area contributed by atoms with Crippen LogP contribution in [0, 0.1) is 0 Å². The Morgan fingerprint density at radius 2 is 1.70 bits per heavy atom. The van der Waals surface area contributed by atoms with Crippen LogP contribution in [-0.2, 0) is 7.05 Å². The molecule has 0 aliphatic heterocycles. The molecular weight excluding hydrogens is 270 g/mol. The van der Waals surface area contributed by atoms with E-state index in [0.29, 0.717) is 5.22 Å². The van der Waals surface area contributed by atoms with Crippen LogP contribution in [0.5, 0.6) is 0 Å². The van der Waals surface area contributed by atoms with Crippen molar-refractivity contribution in [1.29, 1.82) is 0 Å². The van der Waals surface area contributed by atoms with Gasteiger partial charge in [-0.2, -0.15) is 0 Å². The van der Waals surface area contributed by atoms with Crippen LogP contribution in [0.15, 0.2) is 63.3 Å². The molecule has 0 aliphatic rings. The third-order valence-corrected chi connectivity index (χ3v) is 4.10. The topological polar surface area (TPSA) is 43.9 Å². The number of oxazole rings is 1. The number of rotatable bonds is 2. The Balaban J connectivity index is 1.78. The van der Waals surface area contributed by atoms with Crippen LogP contribution in [-0.4, -0.2) is 14.5 Å². The van der Waals surface area contributed by atoms with E-state index in [2.05, 4.69) is 20.6 Å². The molecule has 0 bridgehead atoms. The molecule has 2 heterocycles. The molecule has 98 valence electrons. The fraction of sp³-hybridized carbons (Fsp3) is 0.0667. The van der Waals surface area contributed by atoms with Gasteiger partial charge in [0.05, 0.1) is 11.0 Å². The third kappa shape index (κ3) is 1.78. The minimum Gasteiger partial charge on any atom is -0.431 e. The van der Waals surface area contributed by atoms with Crippen molar-refractivity contribution in [2.24, 2.45) is 7.05 Å². The zero-order valence-electron chi connectivity index (χ0n) is 10.8. The Hall–Kier alpha value is -2.27. The molecule has 4 aromatic rings. The van der Waals surface area contributed by atoms with Gasteiger partial charge in [-0.05, 0) is 24.3 Å². The van der Waals surface area contributed by atoms with E-state index in [1.807, 2.05) is 49.5 Å². The van der Waals surface area contributed by atoms with Crippen molar-refractivity contribution >= 4 is 33.9 Å². The van der Waals surface area contributed by atoms with Crippen LogP contribution in [0.1, 0.15) is 0 Å². The number of para-hydroxylation sites is 4. The molecule has 0 spiro atoms. The summed E-state index contributed by atoms with van der Waals surface area (Å²) in [6.07, 6.45) is 0. The van der Waals surface area contributed by atoms with Crippen molar-refractivity contribution in [3.8, 4) is 0 Å². The van der Waals surface area contributed by atoms with Crippen molar-refractivity contribution in [1.82, 2.24) is 14.5 Å². The van der Waals surface area contributed by atoms with Crippen LogP contribution in [0.25, 0.3) is 22.1 Å². The number of benzene rings is 2. The van der Waals surface area contributed by atoms with Gasteiger partial charge in [0.15, 0.2) is 10.7 Å². The highest BCUT2D eigenvalue weighted by Gasteiger charge is 2.12. The van der Waals surface area contributed by atoms with Crippen molar-refractivity contribution < 1.29 is 4.42 Å². The summed E-state index contributed by atoms with van der Waals surface area (Å²) in [4.78, 5) is 9.07. The fourth-order valence-corrected chi connectivity index (χ4v) is 3.00. The predicted octanol–water partition coefficient (Wildman–Crippen LogP) is 3.87. The Morgan fingerprint density at radius 1 is 0.950 bits per heavy atom. The van der Waals surface area contributed by atoms with Gasteiger partial charge in [-0.1, -0.05) is 24.3 Å². The van der Waals surface area contributed by atoms with Crippen molar-refractivity contribution in [2.75, 3.05) is 0 Å². The molecular formula is C15H11N3OS. The summed E-state index contributed by atoms with van der Waals surface area (Å²) in [5.74, 6) is 0. The largest absolute Gasteiger partial charge is 0.431 e. The lowest BCUT2D eigenvalue weighted by Gasteiger charge is -1.97. The molecule has 0 atom stereocenters. The lowest BCUT2D eigenvalue weighted by Crippen LogP contribution is -1.89.